The zero-order chi connectivity index (χ0) is 29.6. The van der Waals surface area contributed by atoms with Gasteiger partial charge in [0.2, 0.25) is 5.76 Å². The van der Waals surface area contributed by atoms with E-state index in [1.165, 1.54) is 24.3 Å². The van der Waals surface area contributed by atoms with Crippen LogP contribution in [-0.4, -0.2) is 42.6 Å². The first kappa shape index (κ1) is 33.1. The van der Waals surface area contributed by atoms with Gasteiger partial charge in [-0.25, -0.2) is 4.79 Å². The number of hydrogen-bond donors (Lipinski definition) is 0. The Morgan fingerprint density at radius 2 is 1.07 bits per heavy atom. The summed E-state index contributed by atoms with van der Waals surface area (Å²) in [6.07, 6.45) is 6.23. The molecule has 2 aromatic carbocycles. The van der Waals surface area contributed by atoms with Gasteiger partial charge in [-0.3, -0.25) is 0 Å². The van der Waals surface area contributed by atoms with Crippen molar-refractivity contribution in [2.45, 2.75) is 68.6 Å². The van der Waals surface area contributed by atoms with Crippen molar-refractivity contribution in [3.63, 3.8) is 0 Å². The highest BCUT2D eigenvalue weighted by molar-refractivity contribution is 7.87. The third-order valence-electron chi connectivity index (χ3n) is 5.71. The second-order valence-corrected chi connectivity index (χ2v) is 12.4. The van der Waals surface area contributed by atoms with E-state index < -0.39 is 32.0 Å². The van der Waals surface area contributed by atoms with Gasteiger partial charge in [0, 0.05) is 6.61 Å². The highest BCUT2D eigenvalue weighted by atomic mass is 32.2. The second kappa shape index (κ2) is 16.2. The maximum Gasteiger partial charge on any atom is 0.374 e. The molecule has 40 heavy (non-hydrogen) atoms. The Morgan fingerprint density at radius 3 is 1.57 bits per heavy atom. The van der Waals surface area contributed by atoms with Gasteiger partial charge >= 0.3 is 26.2 Å². The number of ether oxygens (including phenoxy) is 2. The van der Waals surface area contributed by atoms with E-state index in [0.29, 0.717) is 13.0 Å². The topological polar surface area (TPSA) is 122 Å². The highest BCUT2D eigenvalue weighted by Crippen LogP contribution is 2.18. The number of esters is 1. The molecule has 220 valence electrons. The minimum Gasteiger partial charge on any atom is -0.460 e. The van der Waals surface area contributed by atoms with Gasteiger partial charge in [0.05, 0.1) is 6.61 Å². The summed E-state index contributed by atoms with van der Waals surface area (Å²) < 4.78 is 69.2. The van der Waals surface area contributed by atoms with Crippen LogP contribution in [0.2, 0.25) is 0 Å². The zero-order valence-corrected chi connectivity index (χ0v) is 24.7. The fraction of sp³-hybridized carbons (Fsp3) is 0.414. The molecule has 2 aromatic rings. The Bertz CT molecular complexity index is 1330. The van der Waals surface area contributed by atoms with E-state index in [9.17, 15) is 21.6 Å². The van der Waals surface area contributed by atoms with Crippen LogP contribution in [0.25, 0.3) is 0 Å². The molecule has 0 aliphatic rings. The molecule has 0 atom stereocenters. The molecule has 11 heteroatoms. The van der Waals surface area contributed by atoms with E-state index in [2.05, 4.69) is 13.2 Å². The first-order chi connectivity index (χ1) is 18.9. The van der Waals surface area contributed by atoms with E-state index in [4.69, 9.17) is 17.8 Å². The van der Waals surface area contributed by atoms with E-state index in [1.807, 2.05) is 13.8 Å². The third-order valence-corrected chi connectivity index (χ3v) is 8.29. The fourth-order valence-electron chi connectivity index (χ4n) is 3.47. The van der Waals surface area contributed by atoms with Crippen LogP contribution >= 0.6 is 0 Å². The summed E-state index contributed by atoms with van der Waals surface area (Å²) in [6, 6.07) is 12.4. The van der Waals surface area contributed by atoms with Gasteiger partial charge in [-0.15, -0.1) is 0 Å². The van der Waals surface area contributed by atoms with E-state index >= 15 is 0 Å². The van der Waals surface area contributed by atoms with Gasteiger partial charge in [-0.2, -0.15) is 16.8 Å². The summed E-state index contributed by atoms with van der Waals surface area (Å²) >= 11 is 0. The number of hydrogen-bond acceptors (Lipinski definition) is 9. The van der Waals surface area contributed by atoms with Crippen molar-refractivity contribution in [2.24, 2.45) is 0 Å². The van der Waals surface area contributed by atoms with Crippen LogP contribution in [0.5, 0.6) is 0 Å². The molecule has 0 saturated heterocycles. The van der Waals surface area contributed by atoms with E-state index in [-0.39, 0.29) is 28.8 Å². The second-order valence-electron chi connectivity index (χ2n) is 9.33. The molecule has 0 N–H and O–H groups in total. The molecule has 0 saturated carbocycles. The van der Waals surface area contributed by atoms with Gasteiger partial charge in [0.15, 0.2) is 0 Å². The lowest BCUT2D eigenvalue weighted by Gasteiger charge is -2.10. The van der Waals surface area contributed by atoms with Crippen molar-refractivity contribution in [1.82, 2.24) is 0 Å². The molecular weight excluding hydrogens is 556 g/mol. The van der Waals surface area contributed by atoms with Gasteiger partial charge in [0.1, 0.15) is 22.2 Å². The van der Waals surface area contributed by atoms with Crippen molar-refractivity contribution in [3.05, 3.63) is 84.3 Å². The monoisotopic (exact) mass is 594 g/mol. The molecule has 2 rings (SSSR count). The highest BCUT2D eigenvalue weighted by Gasteiger charge is 2.21. The fourth-order valence-corrected chi connectivity index (χ4v) is 5.30. The molecule has 0 spiro atoms. The van der Waals surface area contributed by atoms with E-state index in [0.717, 1.165) is 49.7 Å². The summed E-state index contributed by atoms with van der Waals surface area (Å²) in [7, 11) is -8.05. The first-order valence-electron chi connectivity index (χ1n) is 13.0. The number of carbonyl (C=O) groups excluding carboxylic acids is 1. The molecule has 0 aliphatic heterocycles. The van der Waals surface area contributed by atoms with Gasteiger partial charge < -0.3 is 17.8 Å². The molecule has 9 nitrogen and oxygen atoms in total. The minimum atomic E-state index is -4.14. The molecular formula is C29H38O9S2. The smallest absolute Gasteiger partial charge is 0.374 e. The molecule has 0 heterocycles. The van der Waals surface area contributed by atoms with Gasteiger partial charge in [-0.05, 0) is 57.5 Å². The first-order valence-corrected chi connectivity index (χ1v) is 15.9. The average molecular weight is 595 g/mol. The van der Waals surface area contributed by atoms with Crippen molar-refractivity contribution in [1.29, 1.82) is 0 Å². The lowest BCUT2D eigenvalue weighted by atomic mass is 10.1. The third kappa shape index (κ3) is 11.9. The molecule has 0 fully saturated rings. The summed E-state index contributed by atoms with van der Waals surface area (Å²) in [5.74, 6) is -1.45. The minimum absolute atomic E-state index is 0.000836. The Kier molecular flexibility index (Phi) is 13.4. The zero-order valence-electron chi connectivity index (χ0n) is 23.1. The summed E-state index contributed by atoms with van der Waals surface area (Å²) in [4.78, 5) is 12.0. The number of rotatable bonds is 19. The SMILES string of the molecule is C=C(COCCCCCCCCCOC(=O)C(=C)OS(=O)(=O)c1ccc(C)cc1)OS(=O)(=O)c1ccc(C)cc1. The standard InChI is InChI=1S/C29H38O9S2/c1-23-12-16-27(17-13-23)39(31,32)37-25(3)22-35-20-10-8-6-5-7-9-11-21-36-29(30)26(4)38-40(33,34)28-18-14-24(2)15-19-28/h12-19H,3-11,20-22H2,1-2H3. The Balaban J connectivity index is 1.47. The lowest BCUT2D eigenvalue weighted by molar-refractivity contribution is -0.141. The normalized spacial score (nSPS) is 11.6. The molecule has 0 unspecified atom stereocenters. The summed E-state index contributed by atoms with van der Waals surface area (Å²) in [5.41, 5.74) is 1.84. The van der Waals surface area contributed by atoms with Crippen LogP contribution in [0.15, 0.2) is 83.0 Å². The number of carbonyl (C=O) groups is 1. The van der Waals surface area contributed by atoms with Crippen LogP contribution in [0.1, 0.15) is 56.1 Å². The predicted octanol–water partition coefficient (Wildman–Crippen LogP) is 5.73. The van der Waals surface area contributed by atoms with Gasteiger partial charge in [-0.1, -0.05) is 74.1 Å². The maximum absolute atomic E-state index is 12.2. The predicted molar refractivity (Wildman–Crippen MR) is 151 cm³/mol. The van der Waals surface area contributed by atoms with Crippen LogP contribution in [0, 0.1) is 13.8 Å². The number of unbranched alkanes of at least 4 members (excludes halogenated alkanes) is 6. The molecule has 0 amide bonds. The van der Waals surface area contributed by atoms with Crippen LogP contribution in [0.3, 0.4) is 0 Å². The van der Waals surface area contributed by atoms with Crippen molar-refractivity contribution in [3.8, 4) is 0 Å². The summed E-state index contributed by atoms with van der Waals surface area (Å²) in [5, 5.41) is 0. The van der Waals surface area contributed by atoms with Crippen molar-refractivity contribution in [2.75, 3.05) is 19.8 Å². The molecule has 0 aromatic heterocycles. The summed E-state index contributed by atoms with van der Waals surface area (Å²) in [6.45, 7) is 11.3. The van der Waals surface area contributed by atoms with Crippen LogP contribution in [0.4, 0.5) is 0 Å². The Hall–Kier alpha value is -3.15. The quantitative estimate of drug-likeness (QED) is 0.0659. The van der Waals surface area contributed by atoms with Crippen LogP contribution < -0.4 is 0 Å². The molecule has 0 aliphatic carbocycles. The Labute approximate surface area is 238 Å². The number of aryl methyl sites for hydroxylation is 2. The maximum atomic E-state index is 12.2. The lowest BCUT2D eigenvalue weighted by Crippen LogP contribution is -2.15. The number of benzene rings is 2. The van der Waals surface area contributed by atoms with Crippen molar-refractivity contribution < 1.29 is 39.5 Å². The van der Waals surface area contributed by atoms with Crippen molar-refractivity contribution >= 4 is 26.2 Å². The van der Waals surface area contributed by atoms with Gasteiger partial charge in [0.25, 0.3) is 0 Å². The largest absolute Gasteiger partial charge is 0.460 e. The molecule has 0 bridgehead atoms. The Morgan fingerprint density at radius 1 is 0.650 bits per heavy atom. The van der Waals surface area contributed by atoms with Crippen LogP contribution in [-0.2, 0) is 42.9 Å². The van der Waals surface area contributed by atoms with E-state index in [1.54, 1.807) is 24.3 Å². The molecule has 0 radical (unpaired) electrons. The average Bonchev–Trinajstić information content (AvgIpc) is 2.89.